The number of Topliss-reactive ketones (excluding diaryl/α,β-unsaturated/α-hetero) is 2. The summed E-state index contributed by atoms with van der Waals surface area (Å²) in [5.41, 5.74) is 0. The lowest BCUT2D eigenvalue weighted by molar-refractivity contribution is 0.102. The highest BCUT2D eigenvalue weighted by Crippen LogP contribution is 2.26. The Hall–Kier alpha value is -0.330. The van der Waals surface area contributed by atoms with E-state index in [-0.39, 0.29) is 23.1 Å². The number of hydrogen-bond donors (Lipinski definition) is 0. The second-order valence-corrected chi connectivity index (χ2v) is 7.17. The molecule has 0 spiro atoms. The van der Waals surface area contributed by atoms with E-state index < -0.39 is 0 Å². The van der Waals surface area contributed by atoms with Gasteiger partial charge in [-0.2, -0.15) is 0 Å². The number of halogens is 2. The second-order valence-electron chi connectivity index (χ2n) is 3.53. The first-order chi connectivity index (χ1) is 9.09. The van der Waals surface area contributed by atoms with Crippen LogP contribution in [0.4, 0.5) is 0 Å². The van der Waals surface area contributed by atoms with Crippen molar-refractivity contribution in [1.82, 2.24) is 0 Å². The third kappa shape index (κ3) is 3.83. The molecule has 0 saturated heterocycles. The van der Waals surface area contributed by atoms with Gasteiger partial charge in [0.1, 0.15) is 0 Å². The first kappa shape index (κ1) is 15.1. The first-order valence-corrected chi connectivity index (χ1v) is 8.86. The number of rotatable bonds is 6. The van der Waals surface area contributed by atoms with Crippen molar-refractivity contribution < 1.29 is 9.59 Å². The molecular formula is C12H8Cl2O2S3. The van der Waals surface area contributed by atoms with Crippen molar-refractivity contribution in [2.75, 3.05) is 11.5 Å². The summed E-state index contributed by atoms with van der Waals surface area (Å²) in [6.45, 7) is 0. The number of thiophene rings is 2. The Kier molecular flexibility index (Phi) is 5.47. The quantitative estimate of drug-likeness (QED) is 0.693. The lowest BCUT2D eigenvalue weighted by Gasteiger charge is -2.00. The maximum Gasteiger partial charge on any atom is 0.184 e. The molecule has 0 bridgehead atoms. The minimum atomic E-state index is -0.0462. The van der Waals surface area contributed by atoms with Crippen molar-refractivity contribution in [2.24, 2.45) is 0 Å². The highest BCUT2D eigenvalue weighted by Gasteiger charge is 2.15. The molecule has 7 heteroatoms. The average molecular weight is 351 g/mol. The van der Waals surface area contributed by atoms with Crippen LogP contribution >= 0.6 is 57.6 Å². The predicted octanol–water partition coefficient (Wildman–Crippen LogP) is 4.92. The molecule has 0 aliphatic rings. The predicted molar refractivity (Wildman–Crippen MR) is 84.6 cm³/mol. The van der Waals surface area contributed by atoms with Crippen molar-refractivity contribution >= 4 is 69.2 Å². The summed E-state index contributed by atoms with van der Waals surface area (Å²) in [7, 11) is 0. The van der Waals surface area contributed by atoms with E-state index in [4.69, 9.17) is 23.2 Å². The van der Waals surface area contributed by atoms with Crippen molar-refractivity contribution in [3.63, 3.8) is 0 Å². The van der Waals surface area contributed by atoms with E-state index in [2.05, 4.69) is 0 Å². The average Bonchev–Trinajstić information content (AvgIpc) is 2.97. The summed E-state index contributed by atoms with van der Waals surface area (Å²) in [5, 5.41) is 4.50. The third-order valence-electron chi connectivity index (χ3n) is 2.21. The molecule has 0 unspecified atom stereocenters. The topological polar surface area (TPSA) is 34.1 Å². The number of ketones is 2. The van der Waals surface area contributed by atoms with Crippen LogP contribution in [-0.4, -0.2) is 23.1 Å². The zero-order chi connectivity index (χ0) is 13.8. The van der Waals surface area contributed by atoms with E-state index in [9.17, 15) is 9.59 Å². The molecule has 0 N–H and O–H groups in total. The van der Waals surface area contributed by atoms with E-state index in [1.807, 2.05) is 0 Å². The van der Waals surface area contributed by atoms with Gasteiger partial charge in [0.15, 0.2) is 11.6 Å². The molecule has 100 valence electrons. The van der Waals surface area contributed by atoms with Crippen LogP contribution in [0, 0.1) is 0 Å². The van der Waals surface area contributed by atoms with Gasteiger partial charge in [-0.25, -0.2) is 0 Å². The van der Waals surface area contributed by atoms with Crippen molar-refractivity contribution in [1.29, 1.82) is 0 Å². The summed E-state index contributed by atoms with van der Waals surface area (Å²) in [5.74, 6) is 0.398. The van der Waals surface area contributed by atoms with Gasteiger partial charge in [-0.1, -0.05) is 23.2 Å². The number of carbonyl (C=O) groups excluding carboxylic acids is 2. The van der Waals surface area contributed by atoms with Crippen LogP contribution < -0.4 is 0 Å². The summed E-state index contributed by atoms with van der Waals surface area (Å²) in [4.78, 5) is 24.8. The SMILES string of the molecule is O=C(CSCC(=O)c1sccc1Cl)c1sccc1Cl. The summed E-state index contributed by atoms with van der Waals surface area (Å²) >= 11 is 15.7. The highest BCUT2D eigenvalue weighted by molar-refractivity contribution is 8.00. The number of thioether (sulfide) groups is 1. The van der Waals surface area contributed by atoms with Gasteiger partial charge >= 0.3 is 0 Å². The Morgan fingerprint density at radius 2 is 1.37 bits per heavy atom. The minimum absolute atomic E-state index is 0.0462. The molecule has 2 heterocycles. The van der Waals surface area contributed by atoms with Crippen LogP contribution in [0.25, 0.3) is 0 Å². The van der Waals surface area contributed by atoms with E-state index in [0.717, 1.165) is 0 Å². The van der Waals surface area contributed by atoms with Gasteiger partial charge in [-0.15, -0.1) is 34.4 Å². The van der Waals surface area contributed by atoms with Crippen molar-refractivity contribution in [2.45, 2.75) is 0 Å². The molecule has 0 aromatic carbocycles. The second kappa shape index (κ2) is 6.90. The molecule has 0 saturated carbocycles. The number of hydrogen-bond acceptors (Lipinski definition) is 5. The van der Waals surface area contributed by atoms with Gasteiger partial charge in [0.05, 0.1) is 31.3 Å². The van der Waals surface area contributed by atoms with Crippen LogP contribution in [0.1, 0.15) is 19.3 Å². The van der Waals surface area contributed by atoms with Crippen molar-refractivity contribution in [3.05, 3.63) is 42.7 Å². The zero-order valence-corrected chi connectivity index (χ0v) is 13.5. The molecular weight excluding hydrogens is 343 g/mol. The smallest absolute Gasteiger partial charge is 0.184 e. The van der Waals surface area contributed by atoms with Crippen LogP contribution in [0.3, 0.4) is 0 Å². The molecule has 0 atom stereocenters. The summed E-state index contributed by atoms with van der Waals surface area (Å²) < 4.78 is 0. The molecule has 2 nitrogen and oxygen atoms in total. The molecule has 0 aliphatic heterocycles. The Morgan fingerprint density at radius 3 is 1.68 bits per heavy atom. The summed E-state index contributed by atoms with van der Waals surface area (Å²) in [6.07, 6.45) is 0. The van der Waals surface area contributed by atoms with Gasteiger partial charge < -0.3 is 0 Å². The Balaban J connectivity index is 1.85. The van der Waals surface area contributed by atoms with Gasteiger partial charge in [0, 0.05) is 0 Å². The lowest BCUT2D eigenvalue weighted by atomic mass is 10.3. The van der Waals surface area contributed by atoms with Gasteiger partial charge in [-0.3, -0.25) is 9.59 Å². The van der Waals surface area contributed by atoms with Gasteiger partial charge in [0.25, 0.3) is 0 Å². The third-order valence-corrected chi connectivity index (χ3v) is 5.90. The normalized spacial score (nSPS) is 10.6. The van der Waals surface area contributed by atoms with Crippen molar-refractivity contribution in [3.8, 4) is 0 Å². The highest BCUT2D eigenvalue weighted by atomic mass is 35.5. The Bertz CT molecular complexity index is 551. The van der Waals surface area contributed by atoms with Gasteiger partial charge in [-0.05, 0) is 22.9 Å². The monoisotopic (exact) mass is 350 g/mol. The Morgan fingerprint density at radius 1 is 0.947 bits per heavy atom. The maximum absolute atomic E-state index is 11.8. The molecule has 0 fully saturated rings. The van der Waals surface area contributed by atoms with Gasteiger partial charge in [0.2, 0.25) is 0 Å². The molecule has 2 aromatic rings. The van der Waals surface area contributed by atoms with E-state index in [1.165, 1.54) is 34.4 Å². The maximum atomic E-state index is 11.8. The molecule has 0 aliphatic carbocycles. The fraction of sp³-hybridized carbons (Fsp3) is 0.167. The van der Waals surface area contributed by atoms with Crippen LogP contribution in [0.2, 0.25) is 10.0 Å². The van der Waals surface area contributed by atoms with E-state index >= 15 is 0 Å². The van der Waals surface area contributed by atoms with E-state index in [0.29, 0.717) is 19.8 Å². The Labute approximate surface area is 132 Å². The molecule has 2 aromatic heterocycles. The number of carbonyl (C=O) groups is 2. The molecule has 0 amide bonds. The molecule has 0 radical (unpaired) electrons. The zero-order valence-electron chi connectivity index (χ0n) is 9.52. The fourth-order valence-corrected chi connectivity index (χ4v) is 4.50. The van der Waals surface area contributed by atoms with Crippen LogP contribution in [-0.2, 0) is 0 Å². The van der Waals surface area contributed by atoms with E-state index in [1.54, 1.807) is 22.9 Å². The molecule has 2 rings (SSSR count). The standard InChI is InChI=1S/C12H8Cl2O2S3/c13-7-1-3-18-11(7)9(15)5-17-6-10(16)12-8(14)2-4-19-12/h1-4H,5-6H2. The first-order valence-electron chi connectivity index (χ1n) is 5.19. The largest absolute Gasteiger partial charge is 0.292 e. The van der Waals surface area contributed by atoms with Crippen LogP contribution in [0.5, 0.6) is 0 Å². The molecule has 19 heavy (non-hydrogen) atoms. The minimum Gasteiger partial charge on any atom is -0.292 e. The lowest BCUT2D eigenvalue weighted by Crippen LogP contribution is -2.06. The van der Waals surface area contributed by atoms with Crippen LogP contribution in [0.15, 0.2) is 22.9 Å². The summed E-state index contributed by atoms with van der Waals surface area (Å²) in [6, 6.07) is 3.39. The fourth-order valence-electron chi connectivity index (χ4n) is 1.35.